The maximum atomic E-state index is 6.46. The first-order valence-electron chi connectivity index (χ1n) is 9.02. The van der Waals surface area contributed by atoms with Crippen LogP contribution >= 0.6 is 0 Å². The van der Waals surface area contributed by atoms with Gasteiger partial charge >= 0.3 is 0 Å². The number of hydrogen-bond acceptors (Lipinski definition) is 2. The Balaban J connectivity index is 1.92. The normalized spacial score (nSPS) is 17.6. The minimum Gasteiger partial charge on any atom is -0.367 e. The van der Waals surface area contributed by atoms with E-state index in [9.17, 15) is 0 Å². The summed E-state index contributed by atoms with van der Waals surface area (Å²) in [6, 6.07) is 14.0. The fraction of sp³-hybridized carbons (Fsp3) is 0.455. The number of nitrogens with one attached hydrogen (secondary N) is 1. The van der Waals surface area contributed by atoms with Crippen LogP contribution in [0.3, 0.4) is 0 Å². The Bertz CT molecular complexity index is 609. The molecule has 2 nitrogen and oxygen atoms in total. The molecule has 1 aliphatic heterocycles. The molecule has 1 fully saturated rings. The van der Waals surface area contributed by atoms with Gasteiger partial charge in [0.2, 0.25) is 0 Å². The zero-order valence-corrected chi connectivity index (χ0v) is 15.4. The highest BCUT2D eigenvalue weighted by Gasteiger charge is 2.20. The average Bonchev–Trinajstić information content (AvgIpc) is 2.99. The van der Waals surface area contributed by atoms with Gasteiger partial charge in [0.1, 0.15) is 6.10 Å². The van der Waals surface area contributed by atoms with Crippen LogP contribution in [0.15, 0.2) is 36.4 Å². The maximum absolute atomic E-state index is 6.46. The van der Waals surface area contributed by atoms with E-state index < -0.39 is 0 Å². The van der Waals surface area contributed by atoms with Gasteiger partial charge in [-0.1, -0.05) is 58.7 Å². The van der Waals surface area contributed by atoms with Gasteiger partial charge in [-0.3, -0.25) is 0 Å². The molecule has 0 radical (unpaired) electrons. The van der Waals surface area contributed by atoms with Crippen molar-refractivity contribution in [3.05, 3.63) is 69.8 Å². The number of ether oxygens (including phenoxy) is 1. The van der Waals surface area contributed by atoms with Gasteiger partial charge < -0.3 is 10.1 Å². The van der Waals surface area contributed by atoms with E-state index in [1.165, 1.54) is 46.2 Å². The molecule has 0 aromatic heterocycles. The minimum absolute atomic E-state index is 0.00426. The van der Waals surface area contributed by atoms with E-state index in [2.05, 4.69) is 69.4 Å². The lowest BCUT2D eigenvalue weighted by Gasteiger charge is -2.23. The monoisotopic (exact) mass is 323 g/mol. The Hall–Kier alpha value is -1.64. The van der Waals surface area contributed by atoms with Crippen LogP contribution in [0.4, 0.5) is 0 Å². The first kappa shape index (κ1) is 17.2. The molecule has 0 amide bonds. The molecule has 0 aliphatic carbocycles. The van der Waals surface area contributed by atoms with Crippen LogP contribution in [0.25, 0.3) is 0 Å². The third-order valence-electron chi connectivity index (χ3n) is 4.72. The van der Waals surface area contributed by atoms with Crippen LogP contribution in [0.5, 0.6) is 0 Å². The molecule has 1 heterocycles. The van der Waals surface area contributed by atoms with Crippen molar-refractivity contribution >= 4 is 0 Å². The largest absolute Gasteiger partial charge is 0.367 e. The molecule has 2 aromatic carbocycles. The lowest BCUT2D eigenvalue weighted by Crippen LogP contribution is -2.28. The van der Waals surface area contributed by atoms with Crippen LogP contribution in [0.2, 0.25) is 0 Å². The first-order chi connectivity index (χ1) is 11.5. The Labute approximate surface area is 146 Å². The maximum Gasteiger partial charge on any atom is 0.108 e. The topological polar surface area (TPSA) is 21.3 Å². The van der Waals surface area contributed by atoms with Gasteiger partial charge in [-0.25, -0.2) is 0 Å². The van der Waals surface area contributed by atoms with Gasteiger partial charge in [0.05, 0.1) is 6.61 Å². The van der Waals surface area contributed by atoms with Gasteiger partial charge in [0.15, 0.2) is 0 Å². The molecule has 1 atom stereocenters. The Morgan fingerprint density at radius 1 is 0.875 bits per heavy atom. The third kappa shape index (κ3) is 4.25. The Morgan fingerprint density at radius 3 is 1.79 bits per heavy atom. The molecule has 0 bridgehead atoms. The van der Waals surface area contributed by atoms with Gasteiger partial charge in [0, 0.05) is 6.04 Å². The van der Waals surface area contributed by atoms with Crippen molar-refractivity contribution in [3.8, 4) is 0 Å². The molecule has 0 spiro atoms. The molecule has 3 rings (SSSR count). The molecular formula is C22H29NO. The molecule has 1 aliphatic rings. The van der Waals surface area contributed by atoms with Gasteiger partial charge in [0.25, 0.3) is 0 Å². The second-order valence-corrected chi connectivity index (χ2v) is 7.35. The summed E-state index contributed by atoms with van der Waals surface area (Å²) < 4.78 is 6.46. The summed E-state index contributed by atoms with van der Waals surface area (Å²) in [5, 5.41) is 3.54. The van der Waals surface area contributed by atoms with Crippen LogP contribution < -0.4 is 5.32 Å². The highest BCUT2D eigenvalue weighted by atomic mass is 16.5. The van der Waals surface area contributed by atoms with Crippen molar-refractivity contribution in [3.63, 3.8) is 0 Å². The molecular weight excluding hydrogens is 294 g/mol. The fourth-order valence-electron chi connectivity index (χ4n) is 3.82. The summed E-state index contributed by atoms with van der Waals surface area (Å²) in [4.78, 5) is 0. The predicted molar refractivity (Wildman–Crippen MR) is 101 cm³/mol. The molecule has 1 N–H and O–H groups in total. The van der Waals surface area contributed by atoms with Gasteiger partial charge in [-0.15, -0.1) is 0 Å². The van der Waals surface area contributed by atoms with Crippen molar-refractivity contribution in [2.75, 3.05) is 13.2 Å². The molecule has 128 valence electrons. The van der Waals surface area contributed by atoms with E-state index in [0.717, 1.165) is 13.2 Å². The smallest absolute Gasteiger partial charge is 0.108 e. The van der Waals surface area contributed by atoms with Crippen LogP contribution in [0.1, 0.15) is 52.3 Å². The number of benzene rings is 2. The number of aryl methyl sites for hydroxylation is 4. The zero-order valence-electron chi connectivity index (χ0n) is 15.4. The third-order valence-corrected chi connectivity index (χ3v) is 4.72. The number of rotatable bonds is 5. The van der Waals surface area contributed by atoms with Crippen LogP contribution in [0, 0.1) is 27.7 Å². The quantitative estimate of drug-likeness (QED) is 0.855. The van der Waals surface area contributed by atoms with E-state index >= 15 is 0 Å². The van der Waals surface area contributed by atoms with Crippen LogP contribution in [-0.4, -0.2) is 19.2 Å². The summed E-state index contributed by atoms with van der Waals surface area (Å²) in [5.74, 6) is 0. The summed E-state index contributed by atoms with van der Waals surface area (Å²) in [6.45, 7) is 10.5. The lowest BCUT2D eigenvalue weighted by molar-refractivity contribution is 0.0657. The lowest BCUT2D eigenvalue weighted by atomic mass is 9.95. The second kappa shape index (κ2) is 7.50. The first-order valence-corrected chi connectivity index (χ1v) is 9.02. The van der Waals surface area contributed by atoms with E-state index in [-0.39, 0.29) is 6.10 Å². The fourth-order valence-corrected chi connectivity index (χ4v) is 3.82. The summed E-state index contributed by atoms with van der Waals surface area (Å²) >= 11 is 0. The van der Waals surface area contributed by atoms with Crippen molar-refractivity contribution in [1.29, 1.82) is 0 Å². The van der Waals surface area contributed by atoms with Crippen molar-refractivity contribution < 1.29 is 4.74 Å². The second-order valence-electron chi connectivity index (χ2n) is 7.35. The minimum atomic E-state index is 0.00426. The van der Waals surface area contributed by atoms with E-state index in [1.54, 1.807) is 0 Å². The Kier molecular flexibility index (Phi) is 5.37. The van der Waals surface area contributed by atoms with E-state index in [4.69, 9.17) is 4.74 Å². The van der Waals surface area contributed by atoms with Crippen LogP contribution in [-0.2, 0) is 4.74 Å². The molecule has 0 unspecified atom stereocenters. The zero-order chi connectivity index (χ0) is 17.1. The number of hydrogen-bond donors (Lipinski definition) is 1. The average molecular weight is 323 g/mol. The summed E-state index contributed by atoms with van der Waals surface area (Å²) in [6.07, 6.45) is 2.47. The van der Waals surface area contributed by atoms with Crippen molar-refractivity contribution in [1.82, 2.24) is 5.32 Å². The van der Waals surface area contributed by atoms with Crippen molar-refractivity contribution in [2.45, 2.75) is 52.7 Å². The van der Waals surface area contributed by atoms with E-state index in [1.807, 2.05) is 0 Å². The highest BCUT2D eigenvalue weighted by molar-refractivity contribution is 5.38. The van der Waals surface area contributed by atoms with Crippen molar-refractivity contribution in [2.24, 2.45) is 0 Å². The Morgan fingerprint density at radius 2 is 1.38 bits per heavy atom. The summed E-state index contributed by atoms with van der Waals surface area (Å²) in [5.41, 5.74) is 7.69. The highest BCUT2D eigenvalue weighted by Crippen LogP contribution is 2.29. The standard InChI is InChI=1S/C22H29NO/c1-15-8-16(2)11-19(10-15)22(24-14-21-6-5-7-23-21)20-12-17(3)9-18(4)13-20/h8-13,21-23H,5-7,14H2,1-4H3/t21-/m0/s1. The molecule has 2 heteroatoms. The molecule has 0 saturated carbocycles. The molecule has 1 saturated heterocycles. The van der Waals surface area contributed by atoms with E-state index in [0.29, 0.717) is 6.04 Å². The predicted octanol–water partition coefficient (Wildman–Crippen LogP) is 4.78. The molecule has 24 heavy (non-hydrogen) atoms. The van der Waals surface area contributed by atoms with Gasteiger partial charge in [-0.2, -0.15) is 0 Å². The van der Waals surface area contributed by atoms with Gasteiger partial charge in [-0.05, 0) is 58.2 Å². The molecule has 2 aromatic rings. The SMILES string of the molecule is Cc1cc(C)cc(C(OC[C@@H]2CCCN2)c2cc(C)cc(C)c2)c1. The summed E-state index contributed by atoms with van der Waals surface area (Å²) in [7, 11) is 0.